The lowest BCUT2D eigenvalue weighted by Gasteiger charge is -2.28. The second-order valence-electron chi connectivity index (χ2n) is 4.58. The van der Waals surface area contributed by atoms with E-state index in [1.54, 1.807) is 0 Å². The van der Waals surface area contributed by atoms with Crippen LogP contribution in [0.1, 0.15) is 37.5 Å². The molecule has 1 rings (SSSR count). The van der Waals surface area contributed by atoms with Crippen LogP contribution in [0.2, 0.25) is 0 Å². The Hall–Kier alpha value is -0.860. The molecule has 1 aromatic rings. The monoisotopic (exact) mass is 221 g/mol. The molecule has 2 heteroatoms. The van der Waals surface area contributed by atoms with Crippen molar-refractivity contribution in [3.8, 4) is 0 Å². The lowest BCUT2D eigenvalue weighted by atomic mass is 10.0. The minimum absolute atomic E-state index is 0.155. The molecule has 0 heterocycles. The van der Waals surface area contributed by atoms with Crippen LogP contribution in [0.3, 0.4) is 0 Å². The topological polar surface area (TPSA) is 23.5 Å². The number of aliphatic hydroxyl groups is 1. The number of rotatable bonds is 5. The molecule has 0 aliphatic rings. The molecule has 2 unspecified atom stereocenters. The van der Waals surface area contributed by atoms with Gasteiger partial charge >= 0.3 is 0 Å². The summed E-state index contributed by atoms with van der Waals surface area (Å²) in [4.78, 5) is 2.20. The minimum Gasteiger partial charge on any atom is -0.387 e. The fourth-order valence-corrected chi connectivity index (χ4v) is 1.84. The van der Waals surface area contributed by atoms with E-state index in [0.29, 0.717) is 0 Å². The number of aryl methyl sites for hydroxylation is 1. The molecule has 0 amide bonds. The molecule has 0 saturated heterocycles. The van der Waals surface area contributed by atoms with Gasteiger partial charge in [0.1, 0.15) is 0 Å². The van der Waals surface area contributed by atoms with Crippen LogP contribution >= 0.6 is 0 Å². The highest BCUT2D eigenvalue weighted by atomic mass is 16.3. The number of hydrogen-bond donors (Lipinski definition) is 1. The van der Waals surface area contributed by atoms with Gasteiger partial charge in [0, 0.05) is 6.04 Å². The molecule has 16 heavy (non-hydrogen) atoms. The third-order valence-electron chi connectivity index (χ3n) is 3.15. The van der Waals surface area contributed by atoms with E-state index in [2.05, 4.69) is 32.7 Å². The van der Waals surface area contributed by atoms with E-state index in [4.69, 9.17) is 0 Å². The van der Waals surface area contributed by atoms with Crippen molar-refractivity contribution in [2.45, 2.75) is 39.3 Å². The van der Waals surface area contributed by atoms with Crippen molar-refractivity contribution in [1.82, 2.24) is 4.90 Å². The van der Waals surface area contributed by atoms with Crippen LogP contribution in [0.5, 0.6) is 0 Å². The molecule has 0 aromatic heterocycles. The Morgan fingerprint density at radius 2 is 1.81 bits per heavy atom. The van der Waals surface area contributed by atoms with Crippen LogP contribution in [-0.2, 0) is 0 Å². The zero-order valence-electron chi connectivity index (χ0n) is 10.8. The van der Waals surface area contributed by atoms with Crippen molar-refractivity contribution in [2.24, 2.45) is 0 Å². The maximum atomic E-state index is 10.2. The normalized spacial score (nSPS) is 15.1. The van der Waals surface area contributed by atoms with E-state index in [1.165, 1.54) is 5.56 Å². The molecule has 1 N–H and O–H groups in total. The van der Waals surface area contributed by atoms with Crippen molar-refractivity contribution in [3.05, 3.63) is 35.4 Å². The molecule has 0 aliphatic carbocycles. The Labute approximate surface area is 98.9 Å². The van der Waals surface area contributed by atoms with E-state index in [1.807, 2.05) is 24.3 Å². The third-order valence-corrected chi connectivity index (χ3v) is 3.15. The fourth-order valence-electron chi connectivity index (χ4n) is 1.84. The van der Waals surface area contributed by atoms with Crippen molar-refractivity contribution < 1.29 is 5.11 Å². The van der Waals surface area contributed by atoms with Crippen LogP contribution in [0.25, 0.3) is 0 Å². The summed E-state index contributed by atoms with van der Waals surface area (Å²) in [7, 11) is 2.06. The van der Waals surface area contributed by atoms with Gasteiger partial charge in [0.2, 0.25) is 0 Å². The van der Waals surface area contributed by atoms with E-state index >= 15 is 0 Å². The molecule has 90 valence electrons. The average Bonchev–Trinajstić information content (AvgIpc) is 2.28. The van der Waals surface area contributed by atoms with Crippen molar-refractivity contribution in [1.29, 1.82) is 0 Å². The average molecular weight is 221 g/mol. The second kappa shape index (κ2) is 6.02. The zero-order valence-corrected chi connectivity index (χ0v) is 10.8. The fraction of sp³-hybridized carbons (Fsp3) is 0.571. The van der Waals surface area contributed by atoms with Crippen molar-refractivity contribution >= 4 is 0 Å². The summed E-state index contributed by atoms with van der Waals surface area (Å²) >= 11 is 0. The summed E-state index contributed by atoms with van der Waals surface area (Å²) in [5, 5.41) is 10.2. The first-order valence-electron chi connectivity index (χ1n) is 6.01. The van der Waals surface area contributed by atoms with E-state index in [9.17, 15) is 5.11 Å². The Bertz CT molecular complexity index is 307. The molecule has 2 nitrogen and oxygen atoms in total. The molecule has 0 spiro atoms. The maximum Gasteiger partial charge on any atom is 0.0942 e. The highest BCUT2D eigenvalue weighted by molar-refractivity contribution is 5.23. The minimum atomic E-state index is -0.405. The number of hydrogen-bond acceptors (Lipinski definition) is 2. The lowest BCUT2D eigenvalue weighted by Crippen LogP contribution is -2.34. The third kappa shape index (κ3) is 3.32. The van der Waals surface area contributed by atoms with Gasteiger partial charge in [-0.05, 0) is 39.4 Å². The summed E-state index contributed by atoms with van der Waals surface area (Å²) in [5.74, 6) is 0. The predicted molar refractivity (Wildman–Crippen MR) is 68.5 cm³/mol. The van der Waals surface area contributed by atoms with Gasteiger partial charge in [-0.2, -0.15) is 0 Å². The second-order valence-corrected chi connectivity index (χ2v) is 4.58. The SMILES string of the molecule is CCCN(C)C(C)C(O)c1ccc(C)cc1. The molecule has 1 aromatic carbocycles. The highest BCUT2D eigenvalue weighted by Gasteiger charge is 2.19. The number of nitrogens with zero attached hydrogens (tertiary/aromatic N) is 1. The number of likely N-dealkylation sites (N-methyl/N-ethyl adjacent to an activating group) is 1. The van der Waals surface area contributed by atoms with Crippen LogP contribution in [0.15, 0.2) is 24.3 Å². The van der Waals surface area contributed by atoms with E-state index in [0.717, 1.165) is 18.5 Å². The quantitative estimate of drug-likeness (QED) is 0.826. The summed E-state index contributed by atoms with van der Waals surface area (Å²) in [5.41, 5.74) is 2.23. The van der Waals surface area contributed by atoms with E-state index < -0.39 is 6.10 Å². The van der Waals surface area contributed by atoms with Gasteiger partial charge in [-0.3, -0.25) is 0 Å². The Kier molecular flexibility index (Phi) is 4.97. The van der Waals surface area contributed by atoms with Crippen LogP contribution in [-0.4, -0.2) is 29.6 Å². The van der Waals surface area contributed by atoms with Gasteiger partial charge in [0.25, 0.3) is 0 Å². The Morgan fingerprint density at radius 3 is 2.31 bits per heavy atom. The van der Waals surface area contributed by atoms with Crippen molar-refractivity contribution in [3.63, 3.8) is 0 Å². The summed E-state index contributed by atoms with van der Waals surface area (Å²) in [6.07, 6.45) is 0.707. The van der Waals surface area contributed by atoms with Gasteiger partial charge in [-0.15, -0.1) is 0 Å². The summed E-state index contributed by atoms with van der Waals surface area (Å²) in [6, 6.07) is 8.27. The molecular formula is C14H23NO. The lowest BCUT2D eigenvalue weighted by molar-refractivity contribution is 0.0727. The van der Waals surface area contributed by atoms with Crippen LogP contribution in [0, 0.1) is 6.92 Å². The van der Waals surface area contributed by atoms with Crippen molar-refractivity contribution in [2.75, 3.05) is 13.6 Å². The number of benzene rings is 1. The molecule has 0 fully saturated rings. The molecule has 0 bridgehead atoms. The molecule has 0 radical (unpaired) electrons. The van der Waals surface area contributed by atoms with Gasteiger partial charge in [0.15, 0.2) is 0 Å². The first-order valence-corrected chi connectivity index (χ1v) is 6.01. The summed E-state index contributed by atoms with van der Waals surface area (Å²) in [6.45, 7) is 7.30. The Balaban J connectivity index is 2.69. The van der Waals surface area contributed by atoms with Crippen LogP contribution in [0.4, 0.5) is 0 Å². The van der Waals surface area contributed by atoms with Gasteiger partial charge < -0.3 is 10.0 Å². The van der Waals surface area contributed by atoms with Crippen LogP contribution < -0.4 is 0 Å². The predicted octanol–water partition coefficient (Wildman–Crippen LogP) is 2.76. The largest absolute Gasteiger partial charge is 0.387 e. The smallest absolute Gasteiger partial charge is 0.0942 e. The standard InChI is InChI=1S/C14H23NO/c1-5-10-15(4)12(3)14(16)13-8-6-11(2)7-9-13/h6-9,12,14,16H,5,10H2,1-4H3. The molecule has 2 atom stereocenters. The maximum absolute atomic E-state index is 10.2. The molecule has 0 saturated carbocycles. The van der Waals surface area contributed by atoms with Gasteiger partial charge in [-0.1, -0.05) is 36.8 Å². The number of aliphatic hydroxyl groups excluding tert-OH is 1. The molecule has 0 aliphatic heterocycles. The van der Waals surface area contributed by atoms with Gasteiger partial charge in [0.05, 0.1) is 6.10 Å². The summed E-state index contributed by atoms with van der Waals surface area (Å²) < 4.78 is 0. The first-order chi connectivity index (χ1) is 7.56. The Morgan fingerprint density at radius 1 is 1.25 bits per heavy atom. The van der Waals surface area contributed by atoms with Gasteiger partial charge in [-0.25, -0.2) is 0 Å². The first kappa shape index (κ1) is 13.2. The van der Waals surface area contributed by atoms with E-state index in [-0.39, 0.29) is 6.04 Å². The highest BCUT2D eigenvalue weighted by Crippen LogP contribution is 2.20. The molecular weight excluding hydrogens is 198 g/mol. The zero-order chi connectivity index (χ0) is 12.1.